The topological polar surface area (TPSA) is 79.5 Å². The average Bonchev–Trinajstić information content (AvgIpc) is 3.07. The van der Waals surface area contributed by atoms with Crippen molar-refractivity contribution in [1.29, 1.82) is 0 Å². The van der Waals surface area contributed by atoms with E-state index >= 15 is 0 Å². The molecule has 3 aromatic rings. The summed E-state index contributed by atoms with van der Waals surface area (Å²) in [4.78, 5) is 22.9. The molecule has 0 saturated carbocycles. The van der Waals surface area contributed by atoms with Gasteiger partial charge in [0.25, 0.3) is 5.91 Å². The number of carbonyl (C=O) groups excluding carboxylic acids is 1. The molecule has 0 unspecified atom stereocenters. The van der Waals surface area contributed by atoms with Crippen LogP contribution in [-0.4, -0.2) is 17.0 Å². The van der Waals surface area contributed by atoms with E-state index in [1.165, 1.54) is 0 Å². The van der Waals surface area contributed by atoms with Crippen LogP contribution in [0.1, 0.15) is 16.1 Å². The van der Waals surface area contributed by atoms with Gasteiger partial charge < -0.3 is 14.8 Å². The quantitative estimate of drug-likeness (QED) is 0.707. The van der Waals surface area contributed by atoms with E-state index < -0.39 is 5.97 Å². The van der Waals surface area contributed by atoms with Gasteiger partial charge in [-0.3, -0.25) is 9.59 Å². The van der Waals surface area contributed by atoms with Crippen LogP contribution in [0.4, 0.5) is 5.69 Å². The molecule has 0 aliphatic rings. The molecule has 0 radical (unpaired) electrons. The second-order valence-corrected chi connectivity index (χ2v) is 5.83. The molecule has 0 atom stereocenters. The van der Waals surface area contributed by atoms with Gasteiger partial charge in [0, 0.05) is 16.3 Å². The second kappa shape index (κ2) is 7.23. The van der Waals surface area contributed by atoms with Gasteiger partial charge in [0.05, 0.1) is 6.42 Å². The van der Waals surface area contributed by atoms with Crippen molar-refractivity contribution in [3.63, 3.8) is 0 Å². The average molecular weight is 356 g/mol. The molecule has 1 heterocycles. The predicted octanol–water partition coefficient (Wildman–Crippen LogP) is 4.48. The van der Waals surface area contributed by atoms with Crippen LogP contribution in [-0.2, 0) is 11.2 Å². The summed E-state index contributed by atoms with van der Waals surface area (Å²) in [6.45, 7) is 0. The van der Waals surface area contributed by atoms with Crippen molar-refractivity contribution < 1.29 is 19.1 Å². The van der Waals surface area contributed by atoms with Crippen LogP contribution >= 0.6 is 11.6 Å². The van der Waals surface area contributed by atoms with Crippen molar-refractivity contribution in [3.05, 3.63) is 77.0 Å². The summed E-state index contributed by atoms with van der Waals surface area (Å²) in [5.74, 6) is -0.536. The lowest BCUT2D eigenvalue weighted by molar-refractivity contribution is -0.136. The van der Waals surface area contributed by atoms with E-state index in [0.29, 0.717) is 22.0 Å². The summed E-state index contributed by atoms with van der Waals surface area (Å²) < 4.78 is 5.59. The molecule has 0 bridgehead atoms. The number of anilines is 1. The van der Waals surface area contributed by atoms with Crippen molar-refractivity contribution in [2.24, 2.45) is 0 Å². The van der Waals surface area contributed by atoms with Gasteiger partial charge in [-0.05, 0) is 54.1 Å². The van der Waals surface area contributed by atoms with E-state index in [1.807, 2.05) is 12.1 Å². The molecule has 0 aliphatic heterocycles. The van der Waals surface area contributed by atoms with Gasteiger partial charge in [0.15, 0.2) is 5.76 Å². The van der Waals surface area contributed by atoms with Gasteiger partial charge in [0.2, 0.25) is 0 Å². The van der Waals surface area contributed by atoms with E-state index in [0.717, 1.165) is 5.56 Å². The van der Waals surface area contributed by atoms with Crippen LogP contribution in [0.25, 0.3) is 11.3 Å². The molecule has 0 fully saturated rings. The first-order valence-electron chi connectivity index (χ1n) is 7.49. The van der Waals surface area contributed by atoms with Gasteiger partial charge >= 0.3 is 5.97 Å². The summed E-state index contributed by atoms with van der Waals surface area (Å²) in [6, 6.07) is 17.0. The predicted molar refractivity (Wildman–Crippen MR) is 94.9 cm³/mol. The Labute approximate surface area is 148 Å². The lowest BCUT2D eigenvalue weighted by Crippen LogP contribution is -2.10. The molecule has 0 saturated heterocycles. The minimum atomic E-state index is -0.901. The SMILES string of the molecule is O=C(O)Cc1ccc(NC(=O)c2ccc(-c3ccc(Cl)cc3)o2)cc1. The number of furan rings is 1. The number of nitrogens with one attached hydrogen (secondary N) is 1. The number of rotatable bonds is 5. The number of benzene rings is 2. The smallest absolute Gasteiger partial charge is 0.307 e. The fourth-order valence-electron chi connectivity index (χ4n) is 2.30. The molecule has 6 heteroatoms. The Morgan fingerprint density at radius 3 is 2.28 bits per heavy atom. The molecule has 25 heavy (non-hydrogen) atoms. The molecular formula is C19H14ClNO4. The Balaban J connectivity index is 1.69. The third kappa shape index (κ3) is 4.28. The van der Waals surface area contributed by atoms with Crippen molar-refractivity contribution >= 4 is 29.2 Å². The van der Waals surface area contributed by atoms with Crippen LogP contribution in [0.5, 0.6) is 0 Å². The number of hydrogen-bond donors (Lipinski definition) is 2. The molecule has 2 aromatic carbocycles. The first-order valence-corrected chi connectivity index (χ1v) is 7.87. The number of halogens is 1. The molecule has 3 rings (SSSR count). The Kier molecular flexibility index (Phi) is 4.86. The number of aliphatic carboxylic acids is 1. The summed E-state index contributed by atoms with van der Waals surface area (Å²) >= 11 is 5.86. The van der Waals surface area contributed by atoms with Gasteiger partial charge in [-0.25, -0.2) is 0 Å². The maximum Gasteiger partial charge on any atom is 0.307 e. The second-order valence-electron chi connectivity index (χ2n) is 5.39. The zero-order chi connectivity index (χ0) is 17.8. The Morgan fingerprint density at radius 1 is 0.960 bits per heavy atom. The van der Waals surface area contributed by atoms with Gasteiger partial charge in [-0.2, -0.15) is 0 Å². The largest absolute Gasteiger partial charge is 0.481 e. The maximum absolute atomic E-state index is 12.3. The minimum Gasteiger partial charge on any atom is -0.481 e. The Hall–Kier alpha value is -3.05. The van der Waals surface area contributed by atoms with E-state index in [1.54, 1.807) is 48.5 Å². The van der Waals surface area contributed by atoms with E-state index in [2.05, 4.69) is 5.32 Å². The van der Waals surface area contributed by atoms with Gasteiger partial charge in [-0.1, -0.05) is 23.7 Å². The monoisotopic (exact) mass is 355 g/mol. The lowest BCUT2D eigenvalue weighted by atomic mass is 10.1. The molecule has 2 N–H and O–H groups in total. The Morgan fingerprint density at radius 2 is 1.64 bits per heavy atom. The highest BCUT2D eigenvalue weighted by Crippen LogP contribution is 2.24. The summed E-state index contributed by atoms with van der Waals surface area (Å²) in [7, 11) is 0. The first kappa shape index (κ1) is 16.8. The van der Waals surface area contributed by atoms with Crippen LogP contribution in [0.15, 0.2) is 65.1 Å². The fourth-order valence-corrected chi connectivity index (χ4v) is 2.43. The number of carbonyl (C=O) groups is 2. The van der Waals surface area contributed by atoms with E-state index in [9.17, 15) is 9.59 Å². The van der Waals surface area contributed by atoms with Crippen molar-refractivity contribution in [2.75, 3.05) is 5.32 Å². The molecule has 0 aliphatic carbocycles. The van der Waals surface area contributed by atoms with Crippen molar-refractivity contribution in [1.82, 2.24) is 0 Å². The summed E-state index contributed by atoms with van der Waals surface area (Å²) in [5, 5.41) is 12.1. The lowest BCUT2D eigenvalue weighted by Gasteiger charge is -2.04. The molecule has 1 aromatic heterocycles. The molecule has 0 spiro atoms. The highest BCUT2D eigenvalue weighted by atomic mass is 35.5. The highest BCUT2D eigenvalue weighted by molar-refractivity contribution is 6.30. The van der Waals surface area contributed by atoms with E-state index in [4.69, 9.17) is 21.1 Å². The molecular weight excluding hydrogens is 342 g/mol. The molecule has 1 amide bonds. The summed E-state index contributed by atoms with van der Waals surface area (Å²) in [5.41, 5.74) is 2.04. The third-order valence-corrected chi connectivity index (χ3v) is 3.78. The number of hydrogen-bond acceptors (Lipinski definition) is 3. The van der Waals surface area contributed by atoms with Crippen LogP contribution in [0, 0.1) is 0 Å². The Bertz CT molecular complexity index is 898. The van der Waals surface area contributed by atoms with Crippen molar-refractivity contribution in [2.45, 2.75) is 6.42 Å². The minimum absolute atomic E-state index is 0.0587. The highest BCUT2D eigenvalue weighted by Gasteiger charge is 2.12. The van der Waals surface area contributed by atoms with Crippen LogP contribution in [0.2, 0.25) is 5.02 Å². The van der Waals surface area contributed by atoms with Crippen LogP contribution < -0.4 is 5.32 Å². The normalized spacial score (nSPS) is 10.4. The number of carboxylic acids is 1. The number of carboxylic acid groups (broad SMARTS) is 1. The van der Waals surface area contributed by atoms with Crippen molar-refractivity contribution in [3.8, 4) is 11.3 Å². The molecule has 5 nitrogen and oxygen atoms in total. The zero-order valence-electron chi connectivity index (χ0n) is 13.0. The third-order valence-electron chi connectivity index (χ3n) is 3.53. The van der Waals surface area contributed by atoms with Gasteiger partial charge in [0.1, 0.15) is 5.76 Å². The zero-order valence-corrected chi connectivity index (χ0v) is 13.8. The fraction of sp³-hybridized carbons (Fsp3) is 0.0526. The van der Waals surface area contributed by atoms with E-state index in [-0.39, 0.29) is 18.1 Å². The summed E-state index contributed by atoms with van der Waals surface area (Å²) in [6.07, 6.45) is -0.0587. The first-order chi connectivity index (χ1) is 12.0. The molecule has 126 valence electrons. The van der Waals surface area contributed by atoms with Gasteiger partial charge in [-0.15, -0.1) is 0 Å². The standard InChI is InChI=1S/C19H14ClNO4/c20-14-5-3-13(4-6-14)16-9-10-17(25-16)19(24)21-15-7-1-12(2-8-15)11-18(22)23/h1-10H,11H2,(H,21,24)(H,22,23). The maximum atomic E-state index is 12.3. The van der Waals surface area contributed by atoms with Crippen LogP contribution in [0.3, 0.4) is 0 Å². The number of amides is 1.